The second kappa shape index (κ2) is 8.41. The summed E-state index contributed by atoms with van der Waals surface area (Å²) < 4.78 is 14.9. The lowest BCUT2D eigenvalue weighted by molar-refractivity contribution is 0.102. The summed E-state index contributed by atoms with van der Waals surface area (Å²) in [6.07, 6.45) is 7.99. The molecule has 12 nitrogen and oxygen atoms in total. The van der Waals surface area contributed by atoms with Gasteiger partial charge in [0.2, 0.25) is 0 Å². The van der Waals surface area contributed by atoms with Gasteiger partial charge in [0.25, 0.3) is 5.91 Å². The monoisotopic (exact) mass is 485 g/mol. The maximum atomic E-state index is 13.4. The second-order valence-electron chi connectivity index (χ2n) is 9.05. The highest BCUT2D eigenvalue weighted by atomic mass is 16.5. The molecule has 12 heteroatoms. The van der Waals surface area contributed by atoms with Gasteiger partial charge in [-0.3, -0.25) is 4.79 Å². The molecule has 0 spiro atoms. The Morgan fingerprint density at radius 1 is 1.11 bits per heavy atom. The van der Waals surface area contributed by atoms with E-state index in [1.807, 2.05) is 29.1 Å². The molecule has 4 aromatic rings. The Bertz CT molecular complexity index is 1450. The van der Waals surface area contributed by atoms with Crippen LogP contribution in [0.2, 0.25) is 0 Å². The number of hydrogen-bond donors (Lipinski definition) is 1. The maximum absolute atomic E-state index is 13.4. The van der Waals surface area contributed by atoms with E-state index in [1.165, 1.54) is 12.8 Å². The van der Waals surface area contributed by atoms with Crippen molar-refractivity contribution >= 4 is 17.3 Å². The molecule has 1 aliphatic carbocycles. The van der Waals surface area contributed by atoms with Gasteiger partial charge in [0.05, 0.1) is 54.1 Å². The number of para-hydroxylation sites is 1. The van der Waals surface area contributed by atoms with Gasteiger partial charge in [-0.2, -0.15) is 4.68 Å². The molecule has 36 heavy (non-hydrogen) atoms. The highest BCUT2D eigenvalue weighted by Gasteiger charge is 2.27. The lowest BCUT2D eigenvalue weighted by Gasteiger charge is -2.30. The zero-order valence-electron chi connectivity index (χ0n) is 19.4. The summed E-state index contributed by atoms with van der Waals surface area (Å²) in [4.78, 5) is 24.7. The fraction of sp³-hybridized carbons (Fsp3) is 0.333. The quantitative estimate of drug-likeness (QED) is 0.453. The molecule has 1 saturated heterocycles. The normalized spacial score (nSPS) is 16.7. The molecule has 5 heterocycles. The number of hydrogen-bond acceptors (Lipinski definition) is 9. The molecule has 2 aliphatic heterocycles. The third-order valence-electron chi connectivity index (χ3n) is 6.69. The van der Waals surface area contributed by atoms with Crippen molar-refractivity contribution in [1.82, 2.24) is 34.7 Å². The Morgan fingerprint density at radius 3 is 2.86 bits per heavy atom. The minimum Gasteiger partial charge on any atom is -0.468 e. The number of nitrogens with zero attached hydrogens (tertiary/aromatic N) is 8. The predicted molar refractivity (Wildman–Crippen MR) is 128 cm³/mol. The molecule has 1 amide bonds. The number of amides is 1. The molecule has 0 unspecified atom stereocenters. The Kier molecular flexibility index (Phi) is 4.91. The van der Waals surface area contributed by atoms with Crippen LogP contribution >= 0.6 is 0 Å². The average Bonchev–Trinajstić information content (AvgIpc) is 3.44. The van der Waals surface area contributed by atoms with Gasteiger partial charge in [-0.05, 0) is 41.5 Å². The molecule has 1 N–H and O–H groups in total. The molecular formula is C24H23N9O3. The lowest BCUT2D eigenvalue weighted by atomic mass is 10.1. The zero-order chi connectivity index (χ0) is 24.1. The van der Waals surface area contributed by atoms with Gasteiger partial charge >= 0.3 is 0 Å². The van der Waals surface area contributed by atoms with Crippen LogP contribution in [0.3, 0.4) is 0 Å². The summed E-state index contributed by atoms with van der Waals surface area (Å²) in [6, 6.07) is 7.29. The molecule has 3 aliphatic rings. The molecule has 1 aromatic carbocycles. The Labute approximate surface area is 205 Å². The van der Waals surface area contributed by atoms with Gasteiger partial charge in [-0.15, -0.1) is 5.10 Å². The number of pyridine rings is 1. The van der Waals surface area contributed by atoms with Gasteiger partial charge in [0, 0.05) is 25.2 Å². The molecule has 2 fully saturated rings. The van der Waals surface area contributed by atoms with Crippen LogP contribution in [0.5, 0.6) is 5.75 Å². The van der Waals surface area contributed by atoms with Crippen LogP contribution in [-0.4, -0.2) is 67.0 Å². The Hall–Kier alpha value is -4.32. The average molecular weight is 486 g/mol. The maximum Gasteiger partial charge on any atom is 0.274 e. The number of benzene rings is 1. The number of nitrogens with one attached hydrogen (secondary N) is 1. The summed E-state index contributed by atoms with van der Waals surface area (Å²) in [5.41, 5.74) is 4.43. The van der Waals surface area contributed by atoms with Crippen LogP contribution in [0.1, 0.15) is 34.9 Å². The van der Waals surface area contributed by atoms with Crippen molar-refractivity contribution in [3.8, 4) is 22.8 Å². The summed E-state index contributed by atoms with van der Waals surface area (Å²) in [7, 11) is 0. The number of aromatic nitrogens is 7. The second-order valence-corrected chi connectivity index (χ2v) is 9.05. The van der Waals surface area contributed by atoms with E-state index in [0.717, 1.165) is 30.2 Å². The summed E-state index contributed by atoms with van der Waals surface area (Å²) in [6.45, 7) is 3.00. The topological polar surface area (TPSA) is 125 Å². The van der Waals surface area contributed by atoms with Gasteiger partial charge in [0.15, 0.2) is 18.3 Å². The van der Waals surface area contributed by atoms with Gasteiger partial charge in [-0.1, -0.05) is 6.07 Å². The molecule has 1 saturated carbocycles. The van der Waals surface area contributed by atoms with Crippen LogP contribution in [0.25, 0.3) is 17.1 Å². The van der Waals surface area contributed by atoms with Crippen molar-refractivity contribution in [2.24, 2.45) is 0 Å². The fourth-order valence-electron chi connectivity index (χ4n) is 4.64. The van der Waals surface area contributed by atoms with E-state index in [-0.39, 0.29) is 12.6 Å². The summed E-state index contributed by atoms with van der Waals surface area (Å²) in [5.74, 6) is 1.32. The zero-order valence-corrected chi connectivity index (χ0v) is 19.4. The summed E-state index contributed by atoms with van der Waals surface area (Å²) in [5, 5.41) is 14.6. The number of carbonyl (C=O) groups excluding carboxylic acids is 1. The van der Waals surface area contributed by atoms with E-state index in [1.54, 1.807) is 16.9 Å². The van der Waals surface area contributed by atoms with Gasteiger partial charge in [0.1, 0.15) is 5.69 Å². The van der Waals surface area contributed by atoms with E-state index < -0.39 is 0 Å². The van der Waals surface area contributed by atoms with Crippen LogP contribution in [0.4, 0.5) is 11.4 Å². The van der Waals surface area contributed by atoms with Crippen molar-refractivity contribution in [2.75, 3.05) is 36.5 Å². The largest absolute Gasteiger partial charge is 0.468 e. The van der Waals surface area contributed by atoms with E-state index >= 15 is 0 Å². The highest BCUT2D eigenvalue weighted by molar-refractivity contribution is 6.05. The SMILES string of the molecule is O=C(Nc1cccc2c1OCn1nnnc1-2)c1cc(-n2cnc(C3CC3)c2)c(N2CCOCC2)cn1. The Morgan fingerprint density at radius 2 is 2.00 bits per heavy atom. The number of tetrazole rings is 1. The number of morpholine rings is 1. The molecule has 0 atom stereocenters. The van der Waals surface area contributed by atoms with E-state index in [9.17, 15) is 4.79 Å². The van der Waals surface area contributed by atoms with Crippen molar-refractivity contribution in [1.29, 1.82) is 0 Å². The predicted octanol–water partition coefficient (Wildman–Crippen LogP) is 2.24. The first-order chi connectivity index (χ1) is 17.7. The first-order valence-corrected chi connectivity index (χ1v) is 12.0. The number of rotatable bonds is 5. The standard InChI is InChI=1S/C24H23N9O3/c34-24(27-17-3-1-2-16-22(17)36-14-33-23(16)28-29-30-33)18-10-20(32-12-19(26-13-32)15-4-5-15)21(11-25-18)31-6-8-35-9-7-31/h1-3,10-13,15H,4-9,14H2,(H,27,34). The van der Waals surface area contributed by atoms with Crippen LogP contribution in [0, 0.1) is 0 Å². The summed E-state index contributed by atoms with van der Waals surface area (Å²) >= 11 is 0. The van der Waals surface area contributed by atoms with Gasteiger partial charge in [-0.25, -0.2) is 9.97 Å². The molecule has 0 radical (unpaired) electrons. The van der Waals surface area contributed by atoms with Crippen molar-refractivity contribution < 1.29 is 14.3 Å². The number of anilines is 2. The molecule has 3 aromatic heterocycles. The molecule has 7 rings (SSSR count). The third-order valence-corrected chi connectivity index (χ3v) is 6.69. The minimum absolute atomic E-state index is 0.169. The number of carbonyl (C=O) groups is 1. The first-order valence-electron chi connectivity index (χ1n) is 12.0. The smallest absolute Gasteiger partial charge is 0.274 e. The third kappa shape index (κ3) is 3.66. The lowest BCUT2D eigenvalue weighted by Crippen LogP contribution is -2.37. The first kappa shape index (κ1) is 21.0. The van der Waals surface area contributed by atoms with Crippen LogP contribution < -0.4 is 15.0 Å². The van der Waals surface area contributed by atoms with Crippen LogP contribution in [0.15, 0.2) is 43.0 Å². The van der Waals surface area contributed by atoms with E-state index in [2.05, 4.69) is 41.9 Å². The minimum atomic E-state index is -0.338. The molecule has 182 valence electrons. The highest BCUT2D eigenvalue weighted by Crippen LogP contribution is 2.40. The van der Waals surface area contributed by atoms with Crippen molar-refractivity contribution in [2.45, 2.75) is 25.5 Å². The van der Waals surface area contributed by atoms with E-state index in [0.29, 0.717) is 47.7 Å². The van der Waals surface area contributed by atoms with E-state index in [4.69, 9.17) is 9.47 Å². The van der Waals surface area contributed by atoms with Gasteiger partial charge < -0.3 is 24.3 Å². The number of imidazole rings is 1. The van der Waals surface area contributed by atoms with Crippen molar-refractivity contribution in [3.05, 3.63) is 54.4 Å². The Balaban J connectivity index is 1.22. The fourth-order valence-corrected chi connectivity index (χ4v) is 4.64. The number of ether oxygens (including phenoxy) is 2. The van der Waals surface area contributed by atoms with Crippen molar-refractivity contribution in [3.63, 3.8) is 0 Å². The molecule has 0 bridgehead atoms. The van der Waals surface area contributed by atoms with Crippen LogP contribution in [-0.2, 0) is 11.5 Å². The molecular weight excluding hydrogens is 462 g/mol. The number of fused-ring (bicyclic) bond motifs is 3.